The number of rotatable bonds is 4. The number of nitrogens with zero attached hydrogens (tertiary/aromatic N) is 5. The zero-order chi connectivity index (χ0) is 18.6. The fourth-order valence-corrected chi connectivity index (χ4v) is 4.27. The van der Waals surface area contributed by atoms with Gasteiger partial charge in [-0.3, -0.25) is 19.4 Å². The van der Waals surface area contributed by atoms with Crippen molar-refractivity contribution in [2.75, 3.05) is 26.2 Å². The van der Waals surface area contributed by atoms with Gasteiger partial charge in [0.1, 0.15) is 0 Å². The van der Waals surface area contributed by atoms with Crippen LogP contribution >= 0.6 is 0 Å². The Balaban J connectivity index is 1.33. The van der Waals surface area contributed by atoms with E-state index in [1.54, 1.807) is 6.20 Å². The summed E-state index contributed by atoms with van der Waals surface area (Å²) in [5.41, 5.74) is 3.20. The van der Waals surface area contributed by atoms with E-state index < -0.39 is 0 Å². The molecule has 1 saturated heterocycles. The number of amides is 1. The molecule has 2 fully saturated rings. The third kappa shape index (κ3) is 4.21. The molecule has 0 radical (unpaired) electrons. The number of aromatic nitrogens is 3. The Morgan fingerprint density at radius 1 is 1.15 bits per heavy atom. The predicted octanol–water partition coefficient (Wildman–Crippen LogP) is 2.71. The minimum atomic E-state index is 0.282. The van der Waals surface area contributed by atoms with E-state index in [1.807, 2.05) is 30.1 Å². The van der Waals surface area contributed by atoms with Gasteiger partial charge in [0.05, 0.1) is 11.4 Å². The van der Waals surface area contributed by atoms with Crippen LogP contribution in [0, 0.1) is 5.92 Å². The van der Waals surface area contributed by atoms with Crippen molar-refractivity contribution >= 4 is 5.91 Å². The number of piperazine rings is 1. The molecule has 2 aromatic rings. The molecule has 1 aliphatic carbocycles. The van der Waals surface area contributed by atoms with Crippen LogP contribution in [0.15, 0.2) is 30.6 Å². The van der Waals surface area contributed by atoms with Crippen LogP contribution in [-0.4, -0.2) is 56.7 Å². The summed E-state index contributed by atoms with van der Waals surface area (Å²) in [5.74, 6) is 0.679. The highest BCUT2D eigenvalue weighted by molar-refractivity contribution is 5.79. The van der Waals surface area contributed by atoms with E-state index in [9.17, 15) is 4.79 Å². The predicted molar refractivity (Wildman–Crippen MR) is 105 cm³/mol. The van der Waals surface area contributed by atoms with E-state index in [2.05, 4.69) is 25.9 Å². The van der Waals surface area contributed by atoms with Crippen molar-refractivity contribution in [1.82, 2.24) is 24.6 Å². The average Bonchev–Trinajstić information content (AvgIpc) is 3.10. The van der Waals surface area contributed by atoms with E-state index in [1.165, 1.54) is 25.0 Å². The smallest absolute Gasteiger partial charge is 0.225 e. The number of carbonyl (C=O) groups excluding carboxylic acids is 1. The van der Waals surface area contributed by atoms with E-state index in [4.69, 9.17) is 0 Å². The first-order chi connectivity index (χ1) is 13.2. The third-order valence-corrected chi connectivity index (χ3v) is 5.96. The standard InChI is InChI=1S/C21H29N5O/c1-24-19(14-20(23-24)18-8-5-9-22-15-18)16-25-10-12-26(13-11-25)21(27)17-6-3-2-4-7-17/h5,8-9,14-15,17H,2-4,6-7,10-13,16H2,1H3. The molecule has 144 valence electrons. The zero-order valence-corrected chi connectivity index (χ0v) is 16.2. The molecular formula is C21H29N5O. The fraction of sp³-hybridized carbons (Fsp3) is 0.571. The molecule has 0 N–H and O–H groups in total. The minimum absolute atomic E-state index is 0.282. The van der Waals surface area contributed by atoms with E-state index >= 15 is 0 Å². The molecule has 0 aromatic carbocycles. The maximum Gasteiger partial charge on any atom is 0.225 e. The first-order valence-electron chi connectivity index (χ1n) is 10.1. The van der Waals surface area contributed by atoms with Crippen LogP contribution in [0.3, 0.4) is 0 Å². The van der Waals surface area contributed by atoms with Gasteiger partial charge < -0.3 is 4.90 Å². The molecule has 2 aliphatic rings. The van der Waals surface area contributed by atoms with Gasteiger partial charge in [-0.25, -0.2) is 0 Å². The molecule has 2 aromatic heterocycles. The lowest BCUT2D eigenvalue weighted by molar-refractivity contribution is -0.138. The average molecular weight is 367 g/mol. The highest BCUT2D eigenvalue weighted by Gasteiger charge is 2.28. The van der Waals surface area contributed by atoms with Crippen LogP contribution in [0.4, 0.5) is 0 Å². The molecule has 0 unspecified atom stereocenters. The molecule has 0 atom stereocenters. The van der Waals surface area contributed by atoms with Crippen LogP contribution in [0.2, 0.25) is 0 Å². The second-order valence-electron chi connectivity index (χ2n) is 7.82. The second kappa shape index (κ2) is 8.21. The van der Waals surface area contributed by atoms with Crippen LogP contribution < -0.4 is 0 Å². The number of carbonyl (C=O) groups is 1. The van der Waals surface area contributed by atoms with Crippen molar-refractivity contribution in [3.05, 3.63) is 36.3 Å². The summed E-state index contributed by atoms with van der Waals surface area (Å²) in [4.78, 5) is 21.4. The Morgan fingerprint density at radius 2 is 1.93 bits per heavy atom. The summed E-state index contributed by atoms with van der Waals surface area (Å²) in [6.07, 6.45) is 9.54. The Hall–Kier alpha value is -2.21. The normalized spacial score (nSPS) is 19.4. The van der Waals surface area contributed by atoms with Gasteiger partial charge in [-0.05, 0) is 31.0 Å². The molecule has 27 heavy (non-hydrogen) atoms. The van der Waals surface area contributed by atoms with Crippen molar-refractivity contribution in [3.8, 4) is 11.3 Å². The summed E-state index contributed by atoms with van der Waals surface area (Å²) in [7, 11) is 2.00. The Labute approximate surface area is 161 Å². The Morgan fingerprint density at radius 3 is 2.63 bits per heavy atom. The van der Waals surface area contributed by atoms with E-state index in [-0.39, 0.29) is 5.92 Å². The van der Waals surface area contributed by atoms with Gasteiger partial charge in [-0.2, -0.15) is 5.10 Å². The van der Waals surface area contributed by atoms with Gasteiger partial charge in [0, 0.05) is 63.6 Å². The van der Waals surface area contributed by atoms with Crippen molar-refractivity contribution < 1.29 is 4.79 Å². The molecule has 0 spiro atoms. The lowest BCUT2D eigenvalue weighted by Crippen LogP contribution is -2.50. The summed E-state index contributed by atoms with van der Waals surface area (Å²) in [5, 5.41) is 4.64. The minimum Gasteiger partial charge on any atom is -0.340 e. The highest BCUT2D eigenvalue weighted by Crippen LogP contribution is 2.26. The molecule has 1 aliphatic heterocycles. The molecular weight excluding hydrogens is 338 g/mol. The first-order valence-corrected chi connectivity index (χ1v) is 10.1. The van der Waals surface area contributed by atoms with Gasteiger partial charge in [-0.15, -0.1) is 0 Å². The molecule has 1 saturated carbocycles. The number of aryl methyl sites for hydroxylation is 1. The summed E-state index contributed by atoms with van der Waals surface area (Å²) in [6, 6.07) is 6.12. The van der Waals surface area contributed by atoms with Crippen LogP contribution in [-0.2, 0) is 18.4 Å². The molecule has 6 nitrogen and oxygen atoms in total. The Bertz CT molecular complexity index is 758. The van der Waals surface area contributed by atoms with Gasteiger partial charge in [-0.1, -0.05) is 19.3 Å². The van der Waals surface area contributed by atoms with Crippen LogP contribution in [0.5, 0.6) is 0 Å². The number of hydrogen-bond acceptors (Lipinski definition) is 4. The lowest BCUT2D eigenvalue weighted by atomic mass is 9.88. The maximum absolute atomic E-state index is 12.7. The van der Waals surface area contributed by atoms with Gasteiger partial charge in [0.2, 0.25) is 5.91 Å². The monoisotopic (exact) mass is 367 g/mol. The SMILES string of the molecule is Cn1nc(-c2cccnc2)cc1CN1CCN(C(=O)C2CCCCC2)CC1. The fourth-order valence-electron chi connectivity index (χ4n) is 4.27. The van der Waals surface area contributed by atoms with Crippen molar-refractivity contribution in [2.45, 2.75) is 38.6 Å². The van der Waals surface area contributed by atoms with E-state index in [0.29, 0.717) is 5.91 Å². The number of pyridine rings is 1. The number of hydrogen-bond donors (Lipinski definition) is 0. The highest BCUT2D eigenvalue weighted by atomic mass is 16.2. The molecule has 0 bridgehead atoms. The van der Waals surface area contributed by atoms with Crippen molar-refractivity contribution in [1.29, 1.82) is 0 Å². The Kier molecular flexibility index (Phi) is 5.53. The molecule has 3 heterocycles. The molecule has 1 amide bonds. The summed E-state index contributed by atoms with van der Waals surface area (Å²) >= 11 is 0. The maximum atomic E-state index is 12.7. The topological polar surface area (TPSA) is 54.3 Å². The quantitative estimate of drug-likeness (QED) is 0.834. The zero-order valence-electron chi connectivity index (χ0n) is 16.2. The van der Waals surface area contributed by atoms with Crippen molar-refractivity contribution in [3.63, 3.8) is 0 Å². The summed E-state index contributed by atoms with van der Waals surface area (Å²) in [6.45, 7) is 4.44. The van der Waals surface area contributed by atoms with Crippen LogP contribution in [0.1, 0.15) is 37.8 Å². The van der Waals surface area contributed by atoms with Crippen molar-refractivity contribution in [2.24, 2.45) is 13.0 Å². The van der Waals surface area contributed by atoms with Gasteiger partial charge in [0.25, 0.3) is 0 Å². The molecule has 6 heteroatoms. The first kappa shape index (κ1) is 18.2. The van der Waals surface area contributed by atoms with Crippen LogP contribution in [0.25, 0.3) is 11.3 Å². The van der Waals surface area contributed by atoms with Gasteiger partial charge in [0.15, 0.2) is 0 Å². The second-order valence-corrected chi connectivity index (χ2v) is 7.82. The summed E-state index contributed by atoms with van der Waals surface area (Å²) < 4.78 is 1.96. The van der Waals surface area contributed by atoms with E-state index in [0.717, 1.165) is 56.8 Å². The van der Waals surface area contributed by atoms with Gasteiger partial charge >= 0.3 is 0 Å². The largest absolute Gasteiger partial charge is 0.340 e. The molecule has 4 rings (SSSR count). The lowest BCUT2D eigenvalue weighted by Gasteiger charge is -2.37. The third-order valence-electron chi connectivity index (χ3n) is 5.96.